The Morgan fingerprint density at radius 1 is 1.38 bits per heavy atom. The molecule has 0 amide bonds. The Kier molecular flexibility index (Phi) is 7.82. The van der Waals surface area contributed by atoms with Crippen LogP contribution in [-0.2, 0) is 11.3 Å². The van der Waals surface area contributed by atoms with Gasteiger partial charge in [0, 0.05) is 46.6 Å². The number of anilines is 1. The number of rotatable bonds is 10. The van der Waals surface area contributed by atoms with E-state index < -0.39 is 0 Å². The van der Waals surface area contributed by atoms with Crippen molar-refractivity contribution < 1.29 is 4.74 Å². The predicted molar refractivity (Wildman–Crippen MR) is 99.5 cm³/mol. The Morgan fingerprint density at radius 3 is 2.92 bits per heavy atom. The second kappa shape index (κ2) is 10.1. The minimum Gasteiger partial charge on any atom is -0.381 e. The van der Waals surface area contributed by atoms with Gasteiger partial charge in [-0.15, -0.1) is 0 Å². The van der Waals surface area contributed by atoms with E-state index in [4.69, 9.17) is 4.74 Å². The number of guanidine groups is 1. The van der Waals surface area contributed by atoms with Gasteiger partial charge in [0.05, 0.1) is 6.54 Å². The summed E-state index contributed by atoms with van der Waals surface area (Å²) in [6.45, 7) is 6.19. The first kappa shape index (κ1) is 18.5. The van der Waals surface area contributed by atoms with E-state index in [9.17, 15) is 0 Å². The van der Waals surface area contributed by atoms with Crippen LogP contribution < -0.4 is 15.5 Å². The molecule has 1 aromatic rings. The van der Waals surface area contributed by atoms with Crippen LogP contribution in [0.15, 0.2) is 23.3 Å². The van der Waals surface area contributed by atoms with Gasteiger partial charge >= 0.3 is 0 Å². The molecule has 2 rings (SSSR count). The molecule has 0 bridgehead atoms. The highest BCUT2D eigenvalue weighted by atomic mass is 16.5. The number of aromatic nitrogens is 1. The number of pyridine rings is 1. The molecule has 0 unspecified atom stereocenters. The fraction of sp³-hybridized carbons (Fsp3) is 0.667. The predicted octanol–water partition coefficient (Wildman–Crippen LogP) is 2.02. The van der Waals surface area contributed by atoms with Gasteiger partial charge in [0.15, 0.2) is 5.96 Å². The smallest absolute Gasteiger partial charge is 0.191 e. The van der Waals surface area contributed by atoms with Crippen molar-refractivity contribution >= 4 is 11.8 Å². The first-order valence-electron chi connectivity index (χ1n) is 8.91. The lowest BCUT2D eigenvalue weighted by Crippen LogP contribution is -2.38. The first-order chi connectivity index (χ1) is 11.7. The summed E-state index contributed by atoms with van der Waals surface area (Å²) in [7, 11) is 3.98. The van der Waals surface area contributed by atoms with Crippen molar-refractivity contribution in [3.8, 4) is 0 Å². The second-order valence-corrected chi connectivity index (χ2v) is 6.41. The zero-order valence-electron chi connectivity index (χ0n) is 15.2. The summed E-state index contributed by atoms with van der Waals surface area (Å²) in [5.74, 6) is 2.64. The summed E-state index contributed by atoms with van der Waals surface area (Å²) < 4.78 is 5.65. The first-order valence-corrected chi connectivity index (χ1v) is 8.91. The molecule has 1 saturated carbocycles. The molecular weight excluding hydrogens is 302 g/mol. The van der Waals surface area contributed by atoms with Crippen LogP contribution in [0, 0.1) is 5.92 Å². The van der Waals surface area contributed by atoms with E-state index in [2.05, 4.69) is 33.6 Å². The summed E-state index contributed by atoms with van der Waals surface area (Å²) in [6, 6.07) is 4.07. The van der Waals surface area contributed by atoms with Crippen molar-refractivity contribution in [3.05, 3.63) is 23.9 Å². The van der Waals surface area contributed by atoms with Crippen LogP contribution in [-0.4, -0.2) is 51.3 Å². The number of ether oxygens (including phenoxy) is 1. The molecule has 0 spiro atoms. The Labute approximate surface area is 145 Å². The molecule has 0 saturated heterocycles. The third kappa shape index (κ3) is 7.17. The van der Waals surface area contributed by atoms with Gasteiger partial charge in [-0.05, 0) is 49.8 Å². The number of nitrogens with one attached hydrogen (secondary N) is 2. The van der Waals surface area contributed by atoms with Crippen molar-refractivity contribution in [2.24, 2.45) is 10.9 Å². The maximum Gasteiger partial charge on any atom is 0.191 e. The lowest BCUT2D eigenvalue weighted by molar-refractivity contribution is 0.123. The topological polar surface area (TPSA) is 61.8 Å². The number of aliphatic imine (C=N–C) groups is 1. The minimum atomic E-state index is 0.636. The molecule has 1 aromatic heterocycles. The Morgan fingerprint density at radius 2 is 2.21 bits per heavy atom. The standard InChI is InChI=1S/C18H31N5O/c1-4-19-18(21-9-5-11-24-14-15-6-7-15)22-13-16-8-10-20-17(12-16)23(2)3/h8,10,12,15H,4-7,9,11,13-14H2,1-3H3,(H2,19,21,22). The Balaban J connectivity index is 1.73. The van der Waals surface area contributed by atoms with Gasteiger partial charge in [0.1, 0.15) is 5.82 Å². The van der Waals surface area contributed by atoms with Gasteiger partial charge < -0.3 is 20.3 Å². The minimum absolute atomic E-state index is 0.636. The normalized spacial score (nSPS) is 14.5. The van der Waals surface area contributed by atoms with E-state index in [1.807, 2.05) is 31.3 Å². The molecule has 1 aliphatic carbocycles. The van der Waals surface area contributed by atoms with Gasteiger partial charge in [0.25, 0.3) is 0 Å². The molecule has 1 heterocycles. The lowest BCUT2D eigenvalue weighted by atomic mass is 10.2. The summed E-state index contributed by atoms with van der Waals surface area (Å²) in [6.07, 6.45) is 5.52. The van der Waals surface area contributed by atoms with Crippen molar-refractivity contribution in [3.63, 3.8) is 0 Å². The maximum absolute atomic E-state index is 5.65. The van der Waals surface area contributed by atoms with Crippen LogP contribution in [0.2, 0.25) is 0 Å². The zero-order valence-corrected chi connectivity index (χ0v) is 15.2. The average molecular weight is 333 g/mol. The molecule has 24 heavy (non-hydrogen) atoms. The highest BCUT2D eigenvalue weighted by Crippen LogP contribution is 2.28. The molecule has 0 atom stereocenters. The van der Waals surface area contributed by atoms with Gasteiger partial charge in [-0.1, -0.05) is 0 Å². The van der Waals surface area contributed by atoms with E-state index in [1.165, 1.54) is 12.8 Å². The third-order valence-electron chi connectivity index (χ3n) is 3.84. The van der Waals surface area contributed by atoms with E-state index in [1.54, 1.807) is 0 Å². The second-order valence-electron chi connectivity index (χ2n) is 6.41. The van der Waals surface area contributed by atoms with E-state index in [0.717, 1.165) is 56.0 Å². The Hall–Kier alpha value is -1.82. The molecule has 6 nitrogen and oxygen atoms in total. The van der Waals surface area contributed by atoms with Crippen molar-refractivity contribution in [2.75, 3.05) is 45.3 Å². The van der Waals surface area contributed by atoms with Gasteiger partial charge in [-0.25, -0.2) is 9.98 Å². The molecule has 1 fully saturated rings. The third-order valence-corrected chi connectivity index (χ3v) is 3.84. The highest BCUT2D eigenvalue weighted by Gasteiger charge is 2.20. The molecule has 134 valence electrons. The van der Waals surface area contributed by atoms with Crippen molar-refractivity contribution in [1.82, 2.24) is 15.6 Å². The summed E-state index contributed by atoms with van der Waals surface area (Å²) in [5.41, 5.74) is 1.15. The molecule has 2 N–H and O–H groups in total. The number of hydrogen-bond acceptors (Lipinski definition) is 4. The molecule has 0 aliphatic heterocycles. The van der Waals surface area contributed by atoms with Gasteiger partial charge in [0.2, 0.25) is 0 Å². The molecule has 0 radical (unpaired) electrons. The van der Waals surface area contributed by atoms with Crippen LogP contribution in [0.4, 0.5) is 5.82 Å². The van der Waals surface area contributed by atoms with Crippen LogP contribution in [0.3, 0.4) is 0 Å². The lowest BCUT2D eigenvalue weighted by Gasteiger charge is -2.13. The Bertz CT molecular complexity index is 514. The number of hydrogen-bond donors (Lipinski definition) is 2. The fourth-order valence-corrected chi connectivity index (χ4v) is 2.23. The van der Waals surface area contributed by atoms with Crippen LogP contribution >= 0.6 is 0 Å². The molecule has 0 aromatic carbocycles. The highest BCUT2D eigenvalue weighted by molar-refractivity contribution is 5.79. The van der Waals surface area contributed by atoms with Crippen LogP contribution in [0.25, 0.3) is 0 Å². The quantitative estimate of drug-likeness (QED) is 0.390. The number of nitrogens with zero attached hydrogens (tertiary/aromatic N) is 3. The fourth-order valence-electron chi connectivity index (χ4n) is 2.23. The SMILES string of the molecule is CCNC(=NCc1ccnc(N(C)C)c1)NCCCOCC1CC1. The van der Waals surface area contributed by atoms with Gasteiger partial charge in [-0.2, -0.15) is 0 Å². The van der Waals surface area contributed by atoms with E-state index >= 15 is 0 Å². The maximum atomic E-state index is 5.65. The summed E-state index contributed by atoms with van der Waals surface area (Å²) in [5, 5.41) is 6.65. The van der Waals surface area contributed by atoms with Crippen LogP contribution in [0.1, 0.15) is 31.7 Å². The van der Waals surface area contributed by atoms with Gasteiger partial charge in [-0.3, -0.25) is 0 Å². The molecule has 1 aliphatic rings. The summed E-state index contributed by atoms with van der Waals surface area (Å²) in [4.78, 5) is 11.0. The van der Waals surface area contributed by atoms with Crippen LogP contribution in [0.5, 0.6) is 0 Å². The molecular formula is C18H31N5O. The summed E-state index contributed by atoms with van der Waals surface area (Å²) >= 11 is 0. The van der Waals surface area contributed by atoms with Crippen molar-refractivity contribution in [1.29, 1.82) is 0 Å². The van der Waals surface area contributed by atoms with E-state index in [0.29, 0.717) is 6.54 Å². The monoisotopic (exact) mass is 333 g/mol. The van der Waals surface area contributed by atoms with Crippen molar-refractivity contribution in [2.45, 2.75) is 32.7 Å². The zero-order chi connectivity index (χ0) is 17.2. The molecule has 6 heteroatoms. The van der Waals surface area contributed by atoms with E-state index in [-0.39, 0.29) is 0 Å². The largest absolute Gasteiger partial charge is 0.381 e. The average Bonchev–Trinajstić information content (AvgIpc) is 3.40.